The van der Waals surface area contributed by atoms with E-state index in [9.17, 15) is 0 Å². The molecule has 5 nitrogen and oxygen atoms in total. The fourth-order valence-electron chi connectivity index (χ4n) is 1.55. The first-order valence-electron chi connectivity index (χ1n) is 4.66. The van der Waals surface area contributed by atoms with Crippen LogP contribution in [0.2, 0.25) is 5.02 Å². The third kappa shape index (κ3) is 1.96. The van der Waals surface area contributed by atoms with Crippen LogP contribution in [0.3, 0.4) is 0 Å². The van der Waals surface area contributed by atoms with E-state index < -0.39 is 0 Å². The van der Waals surface area contributed by atoms with Gasteiger partial charge in [0.05, 0.1) is 25.6 Å². The van der Waals surface area contributed by atoms with Gasteiger partial charge in [-0.2, -0.15) is 0 Å². The predicted molar refractivity (Wildman–Crippen MR) is 64.2 cm³/mol. The van der Waals surface area contributed by atoms with Gasteiger partial charge in [-0.25, -0.2) is 0 Å². The first-order valence-corrected chi connectivity index (χ1v) is 5.04. The molecule has 0 spiro atoms. The number of rotatable bonds is 4. The summed E-state index contributed by atoms with van der Waals surface area (Å²) in [6, 6.07) is 0. The van der Waals surface area contributed by atoms with E-state index in [1.807, 2.05) is 0 Å². The molecule has 0 aliphatic carbocycles. The molecule has 1 aromatic carbocycles. The van der Waals surface area contributed by atoms with E-state index in [4.69, 9.17) is 37.6 Å². The lowest BCUT2D eigenvalue weighted by Crippen LogP contribution is -2.07. The molecule has 0 atom stereocenters. The van der Waals surface area contributed by atoms with Crippen LogP contribution in [0.4, 0.5) is 11.4 Å². The Morgan fingerprint density at radius 1 is 1.12 bits per heavy atom. The number of ether oxygens (including phenoxy) is 2. The molecule has 0 aromatic heterocycles. The van der Waals surface area contributed by atoms with Gasteiger partial charge < -0.3 is 26.0 Å². The topological polar surface area (TPSA) is 90.7 Å². The van der Waals surface area contributed by atoms with Crippen LogP contribution in [-0.4, -0.2) is 25.9 Å². The number of hydrogen-bond donors (Lipinski definition) is 3. The van der Waals surface area contributed by atoms with E-state index in [0.717, 1.165) is 0 Å². The van der Waals surface area contributed by atoms with E-state index in [1.165, 1.54) is 14.2 Å². The van der Waals surface area contributed by atoms with Crippen molar-refractivity contribution in [2.45, 2.75) is 6.42 Å². The fourth-order valence-corrected chi connectivity index (χ4v) is 1.84. The highest BCUT2D eigenvalue weighted by molar-refractivity contribution is 6.35. The van der Waals surface area contributed by atoms with Crippen LogP contribution in [0.1, 0.15) is 5.56 Å². The Morgan fingerprint density at radius 2 is 1.69 bits per heavy atom. The smallest absolute Gasteiger partial charge is 0.150 e. The molecule has 0 saturated heterocycles. The van der Waals surface area contributed by atoms with Gasteiger partial charge >= 0.3 is 0 Å². The number of nitrogens with two attached hydrogens (primary N) is 2. The summed E-state index contributed by atoms with van der Waals surface area (Å²) >= 11 is 6.00. The number of aliphatic hydroxyl groups excluding tert-OH is 1. The summed E-state index contributed by atoms with van der Waals surface area (Å²) < 4.78 is 10.3. The monoisotopic (exact) mass is 246 g/mol. The number of halogens is 1. The van der Waals surface area contributed by atoms with Crippen LogP contribution in [0.5, 0.6) is 11.5 Å². The number of nitrogen functional groups attached to an aromatic ring is 2. The molecule has 0 aliphatic heterocycles. The lowest BCUT2D eigenvalue weighted by molar-refractivity contribution is 0.293. The van der Waals surface area contributed by atoms with Crippen molar-refractivity contribution in [2.24, 2.45) is 0 Å². The minimum absolute atomic E-state index is 0.0631. The Labute approximate surface area is 98.9 Å². The van der Waals surface area contributed by atoms with Gasteiger partial charge in [-0.1, -0.05) is 11.6 Å². The van der Waals surface area contributed by atoms with Gasteiger partial charge in [0.2, 0.25) is 0 Å². The number of hydrogen-bond acceptors (Lipinski definition) is 5. The van der Waals surface area contributed by atoms with Crippen LogP contribution in [0, 0.1) is 0 Å². The van der Waals surface area contributed by atoms with Gasteiger partial charge in [-0.05, 0) is 0 Å². The quantitative estimate of drug-likeness (QED) is 0.691. The molecule has 0 amide bonds. The van der Waals surface area contributed by atoms with Gasteiger partial charge in [0.1, 0.15) is 10.8 Å². The Bertz CT molecular complexity index is 365. The number of methoxy groups -OCH3 is 2. The lowest BCUT2D eigenvalue weighted by Gasteiger charge is -2.18. The van der Waals surface area contributed by atoms with Crippen molar-refractivity contribution in [3.8, 4) is 11.5 Å². The molecule has 5 N–H and O–H groups in total. The fraction of sp³-hybridized carbons (Fsp3) is 0.400. The van der Waals surface area contributed by atoms with Crippen LogP contribution >= 0.6 is 11.6 Å². The van der Waals surface area contributed by atoms with E-state index in [2.05, 4.69) is 0 Å². The average Bonchev–Trinajstić information content (AvgIpc) is 2.28. The van der Waals surface area contributed by atoms with Crippen LogP contribution in [-0.2, 0) is 6.42 Å². The summed E-state index contributed by atoms with van der Waals surface area (Å²) in [5, 5.41) is 9.22. The maximum Gasteiger partial charge on any atom is 0.150 e. The molecule has 0 heterocycles. The minimum Gasteiger partial charge on any atom is -0.495 e. The number of anilines is 2. The zero-order valence-corrected chi connectivity index (χ0v) is 9.97. The van der Waals surface area contributed by atoms with Crippen LogP contribution in [0.15, 0.2) is 0 Å². The Balaban J connectivity index is 3.52. The second kappa shape index (κ2) is 5.14. The van der Waals surface area contributed by atoms with Crippen molar-refractivity contribution < 1.29 is 14.6 Å². The molecule has 0 radical (unpaired) electrons. The largest absolute Gasteiger partial charge is 0.495 e. The van der Waals surface area contributed by atoms with E-state index in [1.54, 1.807) is 0 Å². The molecular weight excluding hydrogens is 232 g/mol. The van der Waals surface area contributed by atoms with E-state index >= 15 is 0 Å². The Hall–Kier alpha value is -1.33. The molecule has 90 valence electrons. The summed E-state index contributed by atoms with van der Waals surface area (Å²) in [6.07, 6.45) is 0.330. The molecule has 0 saturated carbocycles. The predicted octanol–water partition coefficient (Wildman–Crippen LogP) is 1.06. The minimum atomic E-state index is -0.0631. The normalized spacial score (nSPS) is 10.2. The van der Waals surface area contributed by atoms with Gasteiger partial charge in [0.15, 0.2) is 5.75 Å². The van der Waals surface area contributed by atoms with Gasteiger partial charge in [0.25, 0.3) is 0 Å². The second-order valence-electron chi connectivity index (χ2n) is 3.16. The lowest BCUT2D eigenvalue weighted by atomic mass is 10.1. The maximum atomic E-state index is 8.98. The third-order valence-corrected chi connectivity index (χ3v) is 2.66. The second-order valence-corrected chi connectivity index (χ2v) is 3.54. The van der Waals surface area contributed by atoms with Crippen LogP contribution < -0.4 is 20.9 Å². The first kappa shape index (κ1) is 12.7. The summed E-state index contributed by atoms with van der Waals surface area (Å²) in [6.45, 7) is -0.0631. The van der Waals surface area contributed by atoms with Crippen molar-refractivity contribution in [2.75, 3.05) is 32.3 Å². The first-order chi connectivity index (χ1) is 7.58. The van der Waals surface area contributed by atoms with Crippen molar-refractivity contribution in [3.63, 3.8) is 0 Å². The van der Waals surface area contributed by atoms with Gasteiger partial charge in [-0.15, -0.1) is 0 Å². The summed E-state index contributed by atoms with van der Waals surface area (Å²) in [4.78, 5) is 0. The Kier molecular flexibility index (Phi) is 4.09. The van der Waals surface area contributed by atoms with E-state index in [-0.39, 0.29) is 23.0 Å². The zero-order chi connectivity index (χ0) is 12.3. The number of benzene rings is 1. The number of aliphatic hydroxyl groups is 1. The highest BCUT2D eigenvalue weighted by Gasteiger charge is 2.21. The van der Waals surface area contributed by atoms with Crippen molar-refractivity contribution in [1.82, 2.24) is 0 Å². The molecule has 0 fully saturated rings. The molecule has 0 unspecified atom stereocenters. The summed E-state index contributed by atoms with van der Waals surface area (Å²) in [5.74, 6) is 0.784. The highest BCUT2D eigenvalue weighted by atomic mass is 35.5. The van der Waals surface area contributed by atoms with Crippen LogP contribution in [0.25, 0.3) is 0 Å². The molecule has 16 heavy (non-hydrogen) atoms. The molecule has 0 aliphatic rings. The molecule has 1 rings (SSSR count). The zero-order valence-electron chi connectivity index (χ0n) is 9.21. The summed E-state index contributed by atoms with van der Waals surface area (Å²) in [5.41, 5.74) is 12.6. The van der Waals surface area contributed by atoms with E-state index in [0.29, 0.717) is 23.5 Å². The molecule has 0 bridgehead atoms. The third-order valence-electron chi connectivity index (χ3n) is 2.29. The standard InChI is InChI=1S/C10H15ClN2O3/c1-15-9-5(3-4-14)10(16-2)8(13)7(12)6(9)11/h14H,3-4,12-13H2,1-2H3. The van der Waals surface area contributed by atoms with Crippen molar-refractivity contribution in [1.29, 1.82) is 0 Å². The highest BCUT2D eigenvalue weighted by Crippen LogP contribution is 2.45. The van der Waals surface area contributed by atoms with Gasteiger partial charge in [-0.3, -0.25) is 0 Å². The van der Waals surface area contributed by atoms with Crippen molar-refractivity contribution >= 4 is 23.0 Å². The SMILES string of the molecule is COc1c(N)c(N)c(Cl)c(OC)c1CCO. The maximum absolute atomic E-state index is 8.98. The molecule has 1 aromatic rings. The molecular formula is C10H15ClN2O3. The van der Waals surface area contributed by atoms with Gasteiger partial charge in [0, 0.05) is 18.6 Å². The average molecular weight is 247 g/mol. The molecule has 6 heteroatoms. The Morgan fingerprint density at radius 3 is 2.12 bits per heavy atom. The van der Waals surface area contributed by atoms with Crippen molar-refractivity contribution in [3.05, 3.63) is 10.6 Å². The summed E-state index contributed by atoms with van der Waals surface area (Å²) in [7, 11) is 2.94.